The molecule has 1 aromatic heterocycles. The zero-order chi connectivity index (χ0) is 26.1. The van der Waals surface area contributed by atoms with Gasteiger partial charge >= 0.3 is 0 Å². The summed E-state index contributed by atoms with van der Waals surface area (Å²) < 4.78 is 19.1. The number of benzene rings is 3. The van der Waals surface area contributed by atoms with Gasteiger partial charge in [-0.2, -0.15) is 4.98 Å². The fourth-order valence-corrected chi connectivity index (χ4v) is 5.12. The summed E-state index contributed by atoms with van der Waals surface area (Å²) in [5.74, 6) is 3.14. The van der Waals surface area contributed by atoms with E-state index in [0.29, 0.717) is 42.0 Å². The minimum absolute atomic E-state index is 0.118. The van der Waals surface area contributed by atoms with Crippen molar-refractivity contribution in [1.29, 1.82) is 0 Å². The largest absolute Gasteiger partial charge is 0.496 e. The summed E-state index contributed by atoms with van der Waals surface area (Å²) in [4.78, 5) is 18.0. The van der Waals surface area contributed by atoms with Crippen LogP contribution in [0.5, 0.6) is 17.2 Å². The van der Waals surface area contributed by atoms with Crippen molar-refractivity contribution in [3.05, 3.63) is 95.2 Å². The molecule has 0 spiro atoms. The summed E-state index contributed by atoms with van der Waals surface area (Å²) in [7, 11) is 3.25. The lowest BCUT2D eigenvalue weighted by Gasteiger charge is -2.32. The topological polar surface area (TPSA) is 87.5 Å². The van der Waals surface area contributed by atoms with Crippen molar-refractivity contribution in [2.45, 2.75) is 31.9 Å². The molecule has 0 saturated heterocycles. The number of rotatable bonds is 7. The molecule has 0 radical (unpaired) electrons. The third kappa shape index (κ3) is 4.28. The second-order valence-electron chi connectivity index (χ2n) is 9.28. The number of para-hydroxylation sites is 1. The number of anilines is 1. The number of carbonyl (C=O) groups excluding carboxylic acids is 1. The molecule has 4 aromatic rings. The van der Waals surface area contributed by atoms with E-state index in [2.05, 4.69) is 5.32 Å². The number of ether oxygens (including phenoxy) is 3. The molecule has 1 atom stereocenters. The first-order valence-electron chi connectivity index (χ1n) is 12.6. The molecule has 0 saturated carbocycles. The molecule has 1 aliphatic heterocycles. The number of ketones is 1. The Morgan fingerprint density at radius 1 is 0.921 bits per heavy atom. The maximum absolute atomic E-state index is 13.2. The second-order valence-corrected chi connectivity index (χ2v) is 9.28. The normalized spacial score (nSPS) is 16.4. The average Bonchev–Trinajstić information content (AvgIpc) is 3.39. The maximum Gasteiger partial charge on any atom is 0.226 e. The van der Waals surface area contributed by atoms with Gasteiger partial charge in [-0.3, -0.25) is 4.79 Å². The first-order valence-corrected chi connectivity index (χ1v) is 12.6. The van der Waals surface area contributed by atoms with Crippen LogP contribution in [0.4, 0.5) is 5.95 Å². The highest BCUT2D eigenvalue weighted by Gasteiger charge is 2.37. The number of Topliss-reactive ketones (excluding diaryl/α,β-unsaturated/α-hetero) is 1. The van der Waals surface area contributed by atoms with Gasteiger partial charge < -0.3 is 19.5 Å². The van der Waals surface area contributed by atoms with Crippen molar-refractivity contribution in [3.63, 3.8) is 0 Å². The fourth-order valence-electron chi connectivity index (χ4n) is 5.12. The summed E-state index contributed by atoms with van der Waals surface area (Å²) in [6.07, 6.45) is 2.10. The van der Waals surface area contributed by atoms with E-state index >= 15 is 0 Å². The van der Waals surface area contributed by atoms with E-state index in [9.17, 15) is 4.79 Å². The molecule has 192 valence electrons. The molecule has 1 N–H and O–H groups in total. The number of hydrogen-bond donors (Lipinski definition) is 1. The predicted octanol–water partition coefficient (Wildman–Crippen LogP) is 5.56. The van der Waals surface area contributed by atoms with Gasteiger partial charge in [0, 0.05) is 17.7 Å². The monoisotopic (exact) mass is 508 g/mol. The summed E-state index contributed by atoms with van der Waals surface area (Å²) in [5, 5.41) is 8.26. The quantitative estimate of drug-likeness (QED) is 0.350. The van der Waals surface area contributed by atoms with Crippen LogP contribution in [-0.2, 0) is 11.4 Å². The third-order valence-corrected chi connectivity index (χ3v) is 6.96. The number of fused-ring (bicyclic) bond motifs is 1. The van der Waals surface area contributed by atoms with E-state index in [0.717, 1.165) is 40.8 Å². The van der Waals surface area contributed by atoms with Crippen LogP contribution in [0, 0.1) is 0 Å². The van der Waals surface area contributed by atoms with Crippen molar-refractivity contribution < 1.29 is 19.0 Å². The Morgan fingerprint density at radius 2 is 1.71 bits per heavy atom. The number of nitrogens with zero attached hydrogens (tertiary/aromatic N) is 3. The molecular formula is C30H28N4O4. The summed E-state index contributed by atoms with van der Waals surface area (Å²) >= 11 is 0. The Morgan fingerprint density at radius 3 is 2.53 bits per heavy atom. The molecule has 3 aromatic carbocycles. The molecule has 0 amide bonds. The van der Waals surface area contributed by atoms with Crippen LogP contribution in [-0.4, -0.2) is 34.8 Å². The van der Waals surface area contributed by atoms with Crippen molar-refractivity contribution in [3.8, 4) is 28.6 Å². The molecule has 1 aliphatic carbocycles. The Balaban J connectivity index is 1.41. The molecular weight excluding hydrogens is 480 g/mol. The Bertz CT molecular complexity index is 1530. The van der Waals surface area contributed by atoms with Crippen LogP contribution in [0.2, 0.25) is 0 Å². The van der Waals surface area contributed by atoms with Gasteiger partial charge in [0.15, 0.2) is 23.1 Å². The standard InChI is InChI=1S/C30H28N4O4/c1-36-24-14-7-6-11-21(24)29-32-30-31-22-12-8-13-23(35)27(22)28(34(30)33-29)20-15-16-25(26(17-20)37-2)38-18-19-9-4-3-5-10-19/h3-7,9-11,14-17,28H,8,12-13,18H2,1-2H3,(H,31,32,33). The Hall–Kier alpha value is -4.59. The second kappa shape index (κ2) is 10.0. The average molecular weight is 509 g/mol. The van der Waals surface area contributed by atoms with Crippen molar-refractivity contribution >= 4 is 11.7 Å². The SMILES string of the molecule is COc1cc(C2C3=C(CCCC3=O)Nc3nc(-c4ccccc4OC)nn32)ccc1OCc1ccccc1. The van der Waals surface area contributed by atoms with Crippen LogP contribution >= 0.6 is 0 Å². The molecule has 8 nitrogen and oxygen atoms in total. The van der Waals surface area contributed by atoms with Crippen LogP contribution in [0.25, 0.3) is 11.4 Å². The molecule has 2 heterocycles. The van der Waals surface area contributed by atoms with E-state index in [4.69, 9.17) is 24.3 Å². The number of hydrogen-bond acceptors (Lipinski definition) is 7. The van der Waals surface area contributed by atoms with E-state index in [-0.39, 0.29) is 5.78 Å². The highest BCUT2D eigenvalue weighted by Crippen LogP contribution is 2.43. The molecule has 38 heavy (non-hydrogen) atoms. The lowest BCUT2D eigenvalue weighted by molar-refractivity contribution is -0.116. The highest BCUT2D eigenvalue weighted by molar-refractivity contribution is 5.99. The minimum atomic E-state index is -0.443. The smallest absolute Gasteiger partial charge is 0.226 e. The van der Waals surface area contributed by atoms with Crippen LogP contribution < -0.4 is 19.5 Å². The zero-order valence-electron chi connectivity index (χ0n) is 21.3. The van der Waals surface area contributed by atoms with Crippen LogP contribution in [0.15, 0.2) is 84.1 Å². The van der Waals surface area contributed by atoms with Crippen LogP contribution in [0.3, 0.4) is 0 Å². The Kier molecular flexibility index (Phi) is 6.29. The Labute approximate surface area is 220 Å². The van der Waals surface area contributed by atoms with E-state index in [1.54, 1.807) is 18.9 Å². The summed E-state index contributed by atoms with van der Waals surface area (Å²) in [6, 6.07) is 23.0. The lowest BCUT2D eigenvalue weighted by atomic mass is 9.85. The van der Waals surface area contributed by atoms with Gasteiger partial charge in [0.1, 0.15) is 18.4 Å². The van der Waals surface area contributed by atoms with Gasteiger partial charge in [-0.1, -0.05) is 48.5 Å². The highest BCUT2D eigenvalue weighted by atomic mass is 16.5. The number of methoxy groups -OCH3 is 2. The third-order valence-electron chi connectivity index (χ3n) is 6.96. The minimum Gasteiger partial charge on any atom is -0.496 e. The number of aromatic nitrogens is 3. The fraction of sp³-hybridized carbons (Fsp3) is 0.233. The van der Waals surface area contributed by atoms with Gasteiger partial charge in [-0.25, -0.2) is 4.68 Å². The van der Waals surface area contributed by atoms with Crippen LogP contribution in [0.1, 0.15) is 36.4 Å². The van der Waals surface area contributed by atoms with E-state index < -0.39 is 6.04 Å². The van der Waals surface area contributed by atoms with E-state index in [1.165, 1.54) is 0 Å². The molecule has 1 unspecified atom stereocenters. The first-order chi connectivity index (χ1) is 18.7. The lowest BCUT2D eigenvalue weighted by Crippen LogP contribution is -2.31. The van der Waals surface area contributed by atoms with Gasteiger partial charge in [0.05, 0.1) is 19.8 Å². The van der Waals surface area contributed by atoms with Crippen molar-refractivity contribution in [1.82, 2.24) is 14.8 Å². The number of carbonyl (C=O) groups is 1. The first kappa shape index (κ1) is 23.8. The summed E-state index contributed by atoms with van der Waals surface area (Å²) in [6.45, 7) is 0.424. The van der Waals surface area contributed by atoms with Gasteiger partial charge in [0.2, 0.25) is 5.95 Å². The predicted molar refractivity (Wildman–Crippen MR) is 143 cm³/mol. The molecule has 0 bridgehead atoms. The summed E-state index contributed by atoms with van der Waals surface area (Å²) in [5.41, 5.74) is 4.34. The zero-order valence-corrected chi connectivity index (χ0v) is 21.3. The molecule has 6 rings (SSSR count). The van der Waals surface area contributed by atoms with Crippen molar-refractivity contribution in [2.24, 2.45) is 0 Å². The maximum atomic E-state index is 13.2. The molecule has 0 fully saturated rings. The van der Waals surface area contributed by atoms with Gasteiger partial charge in [-0.05, 0) is 48.2 Å². The van der Waals surface area contributed by atoms with E-state index in [1.807, 2.05) is 72.8 Å². The number of allylic oxidation sites excluding steroid dienone is 2. The molecule has 2 aliphatic rings. The van der Waals surface area contributed by atoms with Gasteiger partial charge in [-0.15, -0.1) is 5.10 Å². The van der Waals surface area contributed by atoms with Gasteiger partial charge in [0.25, 0.3) is 0 Å². The van der Waals surface area contributed by atoms with Crippen molar-refractivity contribution in [2.75, 3.05) is 19.5 Å². The molecule has 8 heteroatoms. The number of nitrogens with one attached hydrogen (secondary N) is 1.